The van der Waals surface area contributed by atoms with Gasteiger partial charge in [-0.1, -0.05) is 224 Å². The first kappa shape index (κ1) is 110. The Morgan fingerprint density at radius 1 is 0.310 bits per heavy atom. The van der Waals surface area contributed by atoms with E-state index in [1.54, 1.807) is 4.90 Å². The highest BCUT2D eigenvalue weighted by Crippen LogP contribution is 2.42. The summed E-state index contributed by atoms with van der Waals surface area (Å²) in [5.74, 6) is 1.01. The lowest BCUT2D eigenvalue weighted by molar-refractivity contribution is -0.117. The smallest absolute Gasteiger partial charge is 0.231 e. The molecule has 0 saturated heterocycles. The molecule has 756 valence electrons. The fourth-order valence-electron chi connectivity index (χ4n) is 19.9. The predicted octanol–water partition coefficient (Wildman–Crippen LogP) is 17.2. The molecule has 2 aliphatic heterocycles. The van der Waals surface area contributed by atoms with E-state index in [2.05, 4.69) is 211 Å². The van der Waals surface area contributed by atoms with Gasteiger partial charge in [0.1, 0.15) is 0 Å². The Morgan fingerprint density at radius 2 is 0.585 bits per heavy atom. The number of fused-ring (bicyclic) bond motifs is 2. The topological polar surface area (TPSA) is 303 Å². The zero-order chi connectivity index (χ0) is 100. The maximum atomic E-state index is 12.4. The lowest BCUT2D eigenvalue weighted by atomic mass is 9.82. The monoisotopic (exact) mass is 1990 g/mol. The molecule has 0 radical (unpaired) electrons. The van der Waals surface area contributed by atoms with Crippen LogP contribution in [0.3, 0.4) is 0 Å². The van der Waals surface area contributed by atoms with Crippen molar-refractivity contribution >= 4 is 80.5 Å². The molecule has 21 nitrogen and oxygen atoms in total. The molecular weight excluding hydrogens is 1850 g/mol. The van der Waals surface area contributed by atoms with Gasteiger partial charge in [-0.2, -0.15) is 0 Å². The summed E-state index contributed by atoms with van der Waals surface area (Å²) in [5, 5.41) is 124. The van der Waals surface area contributed by atoms with Crippen molar-refractivity contribution < 1.29 is 71.2 Å². The van der Waals surface area contributed by atoms with Gasteiger partial charge in [-0.3, -0.25) is 4.79 Å². The Balaban J connectivity index is 0.000000160. The minimum Gasteiger partial charge on any atom is -0.395 e. The van der Waals surface area contributed by atoms with Gasteiger partial charge >= 0.3 is 0 Å². The molecule has 24 heteroatoms. The first-order valence-electron chi connectivity index (χ1n) is 50.3. The molecule has 0 aromatic heterocycles. The number of halogens is 3. The van der Waals surface area contributed by atoms with Crippen molar-refractivity contribution in [2.24, 2.45) is 0 Å². The number of anilines is 7. The van der Waals surface area contributed by atoms with E-state index in [1.807, 2.05) is 105 Å². The van der Waals surface area contributed by atoms with Crippen LogP contribution in [0.15, 0.2) is 279 Å². The Kier molecular flexibility index (Phi) is 45.2. The van der Waals surface area contributed by atoms with Gasteiger partial charge in [0.15, 0.2) is 0 Å². The molecule has 12 aromatic rings. The molecular formula is C118H144Cl3N7O14. The van der Waals surface area contributed by atoms with Crippen molar-refractivity contribution in [3.05, 3.63) is 383 Å². The molecule has 0 spiro atoms. The van der Waals surface area contributed by atoms with Crippen LogP contribution in [0, 0.1) is 0 Å². The number of nitrogens with zero attached hydrogens (tertiary/aromatic N) is 7. The van der Waals surface area contributed by atoms with Crippen LogP contribution >= 0.6 is 34.8 Å². The number of amides is 1. The van der Waals surface area contributed by atoms with E-state index in [1.165, 1.54) is 85.3 Å². The summed E-state index contributed by atoms with van der Waals surface area (Å²) < 4.78 is 0. The Morgan fingerprint density at radius 3 is 0.894 bits per heavy atom. The minimum atomic E-state index is -0.141. The highest BCUT2D eigenvalue weighted by molar-refractivity contribution is 6.31. The number of β-amino-alcohol motifs (C(OH)–C–C–N with tert-alkyl or cyclic N) is 2. The van der Waals surface area contributed by atoms with E-state index in [-0.39, 0.29) is 103 Å². The first-order chi connectivity index (χ1) is 69.3. The summed E-state index contributed by atoms with van der Waals surface area (Å²) in [6.45, 7) is 10.2. The van der Waals surface area contributed by atoms with Crippen molar-refractivity contribution in [3.63, 3.8) is 0 Å². The third-order valence-corrected chi connectivity index (χ3v) is 27.9. The zero-order valence-corrected chi connectivity index (χ0v) is 84.1. The minimum absolute atomic E-state index is 0.00135. The Hall–Kier alpha value is -10.7. The lowest BCUT2D eigenvalue weighted by Gasteiger charge is -2.26. The van der Waals surface area contributed by atoms with Crippen LogP contribution in [0.4, 0.5) is 39.8 Å². The van der Waals surface area contributed by atoms with E-state index in [4.69, 9.17) is 55.2 Å². The average Bonchev–Trinajstić information content (AvgIpc) is 1.61. The Bertz CT molecular complexity index is 5420. The normalized spacial score (nSPS) is 15.6. The molecule has 0 bridgehead atoms. The van der Waals surface area contributed by atoms with E-state index >= 15 is 0 Å². The van der Waals surface area contributed by atoms with Crippen LogP contribution in [0.1, 0.15) is 177 Å². The largest absolute Gasteiger partial charge is 0.395 e. The van der Waals surface area contributed by atoms with Crippen molar-refractivity contribution in [2.45, 2.75) is 133 Å². The number of carbonyl (C=O) groups excluding carboxylic acids is 1. The van der Waals surface area contributed by atoms with Gasteiger partial charge in [-0.25, -0.2) is 0 Å². The summed E-state index contributed by atoms with van der Waals surface area (Å²) in [4.78, 5) is 26.4. The third kappa shape index (κ3) is 32.4. The molecule has 6 unspecified atom stereocenters. The fourth-order valence-corrected chi connectivity index (χ4v) is 20.3. The Labute approximate surface area is 854 Å². The van der Waals surface area contributed by atoms with Gasteiger partial charge in [0.25, 0.3) is 0 Å². The van der Waals surface area contributed by atoms with E-state index in [0.29, 0.717) is 100 Å². The second kappa shape index (κ2) is 58.3. The highest BCUT2D eigenvalue weighted by Gasteiger charge is 2.31. The van der Waals surface area contributed by atoms with Gasteiger partial charge < -0.3 is 101 Å². The van der Waals surface area contributed by atoms with E-state index in [9.17, 15) is 50.8 Å². The highest BCUT2D eigenvalue weighted by atomic mass is 35.5. The fraction of sp³-hybridized carbons (Fsp3) is 0.381. The number of aliphatic hydroxyl groups is 13. The van der Waals surface area contributed by atoms with Crippen LogP contribution in [0.2, 0.25) is 15.1 Å². The average molecular weight is 1990 g/mol. The van der Waals surface area contributed by atoms with Crippen LogP contribution in [0.5, 0.6) is 0 Å². The number of carbonyl (C=O) groups is 1. The van der Waals surface area contributed by atoms with E-state index in [0.717, 1.165) is 145 Å². The molecule has 4 aliphatic rings. The summed E-state index contributed by atoms with van der Waals surface area (Å²) in [6.07, 6.45) is 13.1. The standard InChI is InChI=1S/C27H29ClN2O4.C27H31ClN2O3.C23H31NO3.C22H32N2O3.C19H21ClO/c28-23-6-1-19(2-7-23)27(20-3-8-24(9-4-20)29(11-14-31)12-15-32)21-5-10-25-22(17-21)18-26(34)30(25)13-16-33;28-24-6-1-20(2-7-24)27(21-3-8-25(9-4-21)29(13-16-31)14-17-32)23-5-10-26-22(19-23)11-12-30(26)15-18-33;25-14-12-24(13-15-26)22-10-6-19(7-11-22)16-18-4-8-20(9-5-18)21-2-1-3-23(27)17-21;1-2-11-23(12-15-25)21-7-3-19(4-8-21)18-20-5-9-22(10-6-20)24(13-16-26)14-17-27;20-18-10-6-15(7-11-18)12-14-4-8-16(9-5-14)17-2-1-3-19(21)13-17/h1-10,17,27,31-33H,11-16,18H2;1-10,19,27,31-33H,11-18H2;4-11,21,23,25-27H,1-3,12-17H2;3-10,25-27H,2,11-18H2,1H3;4-11,17,19,21H,1-3,12-13H2. The van der Waals surface area contributed by atoms with Gasteiger partial charge in [0.2, 0.25) is 5.91 Å². The van der Waals surface area contributed by atoms with Crippen LogP contribution < -0.4 is 34.3 Å². The van der Waals surface area contributed by atoms with E-state index < -0.39 is 0 Å². The van der Waals surface area contributed by atoms with Gasteiger partial charge in [-0.15, -0.1) is 0 Å². The van der Waals surface area contributed by atoms with Gasteiger partial charge in [-0.05, 0) is 281 Å². The van der Waals surface area contributed by atoms with Crippen molar-refractivity contribution in [2.75, 3.05) is 192 Å². The molecule has 16 rings (SSSR count). The molecule has 142 heavy (non-hydrogen) atoms. The molecule has 2 fully saturated rings. The molecule has 1 amide bonds. The van der Waals surface area contributed by atoms with Crippen LogP contribution in [0.25, 0.3) is 0 Å². The third-order valence-electron chi connectivity index (χ3n) is 27.1. The predicted molar refractivity (Wildman–Crippen MR) is 578 cm³/mol. The summed E-state index contributed by atoms with van der Waals surface area (Å²) >= 11 is 18.2. The summed E-state index contributed by atoms with van der Waals surface area (Å²) in [6, 6.07) is 96.0. The molecule has 6 atom stereocenters. The molecule has 2 aliphatic carbocycles. The first-order valence-corrected chi connectivity index (χ1v) is 51.5. The number of rotatable bonds is 43. The van der Waals surface area contributed by atoms with Gasteiger partial charge in [0.05, 0.1) is 91.3 Å². The second-order valence-corrected chi connectivity index (χ2v) is 38.3. The van der Waals surface area contributed by atoms with Crippen LogP contribution in [-0.2, 0) is 36.9 Å². The molecule has 12 aromatic carbocycles. The van der Waals surface area contributed by atoms with Crippen LogP contribution in [-0.4, -0.2) is 242 Å². The zero-order valence-electron chi connectivity index (χ0n) is 81.9. The van der Waals surface area contributed by atoms with Gasteiger partial charge in [0, 0.05) is 152 Å². The molecule has 2 saturated carbocycles. The lowest BCUT2D eigenvalue weighted by Crippen LogP contribution is -2.29. The maximum Gasteiger partial charge on any atom is 0.231 e. The van der Waals surface area contributed by atoms with Crippen molar-refractivity contribution in [3.8, 4) is 0 Å². The summed E-state index contributed by atoms with van der Waals surface area (Å²) in [7, 11) is 0. The quantitative estimate of drug-likeness (QED) is 0.0158. The number of hydrogen-bond donors (Lipinski definition) is 13. The second-order valence-electron chi connectivity index (χ2n) is 37.0. The molecule has 13 N–H and O–H groups in total. The van der Waals surface area contributed by atoms with Crippen molar-refractivity contribution in [1.82, 2.24) is 0 Å². The number of benzene rings is 12. The van der Waals surface area contributed by atoms with Crippen molar-refractivity contribution in [1.29, 1.82) is 0 Å². The number of aliphatic hydroxyl groups excluding tert-OH is 13. The molecule has 2 heterocycles. The summed E-state index contributed by atoms with van der Waals surface area (Å²) in [5.41, 5.74) is 26.5. The SMILES string of the molecule is CCCN(CCO)c1ccc(Cc2ccc(N(CCO)CCO)cc2)cc1.O=C1Cc2cc(C(c3ccc(Cl)cc3)c3ccc(N(CCO)CCO)cc3)ccc2N1CCO.OC1CCCC(c2ccc(Cc3ccc(Cl)cc3)cc2)C1.OCCN(CCO)c1ccc(C(c2ccc(Cl)cc2)c2ccc3c(c2)CCN3CCO)cc1.OCCN(CCO)c1ccc(Cc2ccc(C3CCCC(O)C3)cc2)cc1. The number of hydrogen-bond acceptors (Lipinski definition) is 20. The maximum absolute atomic E-state index is 12.4.